The van der Waals surface area contributed by atoms with E-state index in [-0.39, 0.29) is 18.9 Å². The van der Waals surface area contributed by atoms with Crippen LogP contribution in [0.25, 0.3) is 0 Å². The molecule has 1 N–H and O–H groups in total. The Balaban J connectivity index is 2.61. The van der Waals surface area contributed by atoms with Crippen molar-refractivity contribution in [3.8, 4) is 5.75 Å². The van der Waals surface area contributed by atoms with Crippen LogP contribution in [0.4, 0.5) is 0 Å². The Morgan fingerprint density at radius 2 is 1.94 bits per heavy atom. The van der Waals surface area contributed by atoms with Crippen LogP contribution in [-0.4, -0.2) is 35.0 Å². The summed E-state index contributed by atoms with van der Waals surface area (Å²) >= 11 is 0. The third-order valence-electron chi connectivity index (χ3n) is 2.23. The minimum Gasteiger partial charge on any atom is -0.496 e. The fourth-order valence-electron chi connectivity index (χ4n) is 1.30. The van der Waals surface area contributed by atoms with Crippen LogP contribution in [0.1, 0.15) is 5.56 Å². The Kier molecular flexibility index (Phi) is 5.40. The monoisotopic (exact) mass is 259 g/mol. The van der Waals surface area contributed by atoms with E-state index in [0.29, 0.717) is 5.75 Å². The van der Waals surface area contributed by atoms with E-state index < -0.39 is 10.0 Å². The van der Waals surface area contributed by atoms with Gasteiger partial charge < -0.3 is 9.47 Å². The molecule has 0 unspecified atom stereocenters. The molecule has 0 atom stereocenters. The molecule has 0 amide bonds. The Bertz CT molecular complexity index is 445. The molecule has 0 saturated carbocycles. The summed E-state index contributed by atoms with van der Waals surface area (Å²) in [5.41, 5.74) is 0.802. The van der Waals surface area contributed by atoms with Crippen molar-refractivity contribution in [1.29, 1.82) is 0 Å². The molecular formula is C11H17NO4S. The van der Waals surface area contributed by atoms with Crippen molar-refractivity contribution in [3.05, 3.63) is 29.8 Å². The molecule has 5 nitrogen and oxygen atoms in total. The summed E-state index contributed by atoms with van der Waals surface area (Å²) in [4.78, 5) is 0. The van der Waals surface area contributed by atoms with Gasteiger partial charge in [-0.2, -0.15) is 0 Å². The van der Waals surface area contributed by atoms with Crippen molar-refractivity contribution < 1.29 is 17.9 Å². The highest BCUT2D eigenvalue weighted by atomic mass is 32.2. The molecular weight excluding hydrogens is 242 g/mol. The normalized spacial score (nSPS) is 11.4. The zero-order chi connectivity index (χ0) is 12.7. The van der Waals surface area contributed by atoms with Crippen LogP contribution in [-0.2, 0) is 21.3 Å². The van der Waals surface area contributed by atoms with Gasteiger partial charge in [-0.3, -0.25) is 0 Å². The summed E-state index contributed by atoms with van der Waals surface area (Å²) in [5.74, 6) is 0.625. The number of hydrogen-bond acceptors (Lipinski definition) is 4. The van der Waals surface area contributed by atoms with Crippen molar-refractivity contribution in [1.82, 2.24) is 4.72 Å². The van der Waals surface area contributed by atoms with E-state index in [0.717, 1.165) is 5.56 Å². The highest BCUT2D eigenvalue weighted by Gasteiger charge is 2.10. The predicted octanol–water partition coefficient (Wildman–Crippen LogP) is 0.761. The smallest absolute Gasteiger partial charge is 0.214 e. The summed E-state index contributed by atoms with van der Waals surface area (Å²) in [7, 11) is -0.276. The van der Waals surface area contributed by atoms with E-state index >= 15 is 0 Å². The van der Waals surface area contributed by atoms with Crippen molar-refractivity contribution in [2.24, 2.45) is 0 Å². The third kappa shape index (κ3) is 4.72. The van der Waals surface area contributed by atoms with Gasteiger partial charge in [-0.15, -0.1) is 0 Å². The van der Waals surface area contributed by atoms with Gasteiger partial charge in [-0.1, -0.05) is 18.2 Å². The quantitative estimate of drug-likeness (QED) is 0.785. The molecule has 0 radical (unpaired) electrons. The van der Waals surface area contributed by atoms with Crippen LogP contribution in [0.15, 0.2) is 24.3 Å². The van der Waals surface area contributed by atoms with Gasteiger partial charge in [0.1, 0.15) is 5.75 Å². The first-order chi connectivity index (χ1) is 8.09. The summed E-state index contributed by atoms with van der Waals surface area (Å²) in [5, 5.41) is 0. The molecule has 17 heavy (non-hydrogen) atoms. The van der Waals surface area contributed by atoms with E-state index in [1.807, 2.05) is 18.2 Å². The second-order valence-electron chi connectivity index (χ2n) is 3.44. The summed E-state index contributed by atoms with van der Waals surface area (Å²) in [6.45, 7) is 0.400. The molecule has 0 aliphatic rings. The van der Waals surface area contributed by atoms with E-state index in [4.69, 9.17) is 9.47 Å². The van der Waals surface area contributed by atoms with Crippen LogP contribution >= 0.6 is 0 Å². The topological polar surface area (TPSA) is 64.6 Å². The lowest BCUT2D eigenvalue weighted by Crippen LogP contribution is -2.27. The Morgan fingerprint density at radius 1 is 1.24 bits per heavy atom. The molecule has 1 aromatic rings. The number of sulfonamides is 1. The number of methoxy groups -OCH3 is 2. The Hall–Kier alpha value is -1.11. The number of nitrogens with one attached hydrogen (secondary N) is 1. The first-order valence-electron chi connectivity index (χ1n) is 5.17. The molecule has 0 aliphatic carbocycles. The molecule has 1 rings (SSSR count). The summed E-state index contributed by atoms with van der Waals surface area (Å²) in [6, 6.07) is 7.28. The molecule has 0 bridgehead atoms. The number of para-hydroxylation sites is 1. The minimum atomic E-state index is -3.30. The number of benzene rings is 1. The number of rotatable bonds is 7. The molecule has 96 valence electrons. The van der Waals surface area contributed by atoms with E-state index in [1.54, 1.807) is 13.2 Å². The van der Waals surface area contributed by atoms with Gasteiger partial charge in [0, 0.05) is 19.2 Å². The number of ether oxygens (including phenoxy) is 2. The molecule has 0 spiro atoms. The van der Waals surface area contributed by atoms with E-state index in [2.05, 4.69) is 4.72 Å². The molecule has 0 saturated heterocycles. The highest BCUT2D eigenvalue weighted by Crippen LogP contribution is 2.16. The molecule has 0 aliphatic heterocycles. The van der Waals surface area contributed by atoms with Crippen LogP contribution < -0.4 is 9.46 Å². The van der Waals surface area contributed by atoms with Crippen molar-refractivity contribution >= 4 is 10.0 Å². The molecule has 0 fully saturated rings. The van der Waals surface area contributed by atoms with Crippen molar-refractivity contribution in [2.75, 3.05) is 26.6 Å². The summed E-state index contributed by atoms with van der Waals surface area (Å²) < 4.78 is 35.4. The first kappa shape index (κ1) is 14.0. The molecule has 6 heteroatoms. The fraction of sp³-hybridized carbons (Fsp3) is 0.455. The average Bonchev–Trinajstić information content (AvgIpc) is 2.34. The van der Waals surface area contributed by atoms with Gasteiger partial charge in [-0.25, -0.2) is 13.1 Å². The van der Waals surface area contributed by atoms with Gasteiger partial charge in [0.2, 0.25) is 10.0 Å². The molecule has 0 aromatic heterocycles. The van der Waals surface area contributed by atoms with Crippen molar-refractivity contribution in [3.63, 3.8) is 0 Å². The first-order valence-corrected chi connectivity index (χ1v) is 6.82. The maximum Gasteiger partial charge on any atom is 0.214 e. The Morgan fingerprint density at radius 3 is 2.59 bits per heavy atom. The largest absolute Gasteiger partial charge is 0.496 e. The lowest BCUT2D eigenvalue weighted by atomic mass is 10.2. The SMILES string of the molecule is COCCS(=O)(=O)NCc1ccccc1OC. The standard InChI is InChI=1S/C11H17NO4S/c1-15-7-8-17(13,14)12-9-10-5-3-4-6-11(10)16-2/h3-6,12H,7-9H2,1-2H3. The molecule has 0 heterocycles. The van der Waals surface area contributed by atoms with Crippen LogP contribution in [0.3, 0.4) is 0 Å². The van der Waals surface area contributed by atoms with E-state index in [1.165, 1.54) is 7.11 Å². The predicted molar refractivity (Wildman–Crippen MR) is 65.5 cm³/mol. The van der Waals surface area contributed by atoms with Gasteiger partial charge in [0.25, 0.3) is 0 Å². The lowest BCUT2D eigenvalue weighted by Gasteiger charge is -2.09. The van der Waals surface area contributed by atoms with Crippen LogP contribution in [0, 0.1) is 0 Å². The van der Waals surface area contributed by atoms with Crippen LogP contribution in [0.2, 0.25) is 0 Å². The Labute approximate surface area is 102 Å². The van der Waals surface area contributed by atoms with Crippen LogP contribution in [0.5, 0.6) is 5.75 Å². The zero-order valence-corrected chi connectivity index (χ0v) is 10.8. The van der Waals surface area contributed by atoms with Gasteiger partial charge in [0.15, 0.2) is 0 Å². The maximum atomic E-state index is 11.5. The maximum absolute atomic E-state index is 11.5. The van der Waals surface area contributed by atoms with Gasteiger partial charge in [0.05, 0.1) is 19.5 Å². The second kappa shape index (κ2) is 6.58. The zero-order valence-electron chi connectivity index (χ0n) is 9.97. The lowest BCUT2D eigenvalue weighted by molar-refractivity contribution is 0.217. The molecule has 1 aromatic carbocycles. The van der Waals surface area contributed by atoms with Gasteiger partial charge >= 0.3 is 0 Å². The summed E-state index contributed by atoms with van der Waals surface area (Å²) in [6.07, 6.45) is 0. The third-order valence-corrected chi connectivity index (χ3v) is 3.52. The minimum absolute atomic E-state index is 0.0430. The fourth-order valence-corrected chi connectivity index (χ4v) is 2.21. The van der Waals surface area contributed by atoms with Crippen molar-refractivity contribution in [2.45, 2.75) is 6.54 Å². The number of hydrogen-bond donors (Lipinski definition) is 1. The van der Waals surface area contributed by atoms with E-state index in [9.17, 15) is 8.42 Å². The average molecular weight is 259 g/mol. The highest BCUT2D eigenvalue weighted by molar-refractivity contribution is 7.89. The second-order valence-corrected chi connectivity index (χ2v) is 5.37. The van der Waals surface area contributed by atoms with Gasteiger partial charge in [-0.05, 0) is 6.07 Å².